The van der Waals surface area contributed by atoms with Gasteiger partial charge in [0.05, 0.1) is 18.1 Å². The number of rotatable bonds is 7. The molecule has 0 atom stereocenters. The van der Waals surface area contributed by atoms with Crippen molar-refractivity contribution in [2.45, 2.75) is 31.1 Å². The summed E-state index contributed by atoms with van der Waals surface area (Å²) in [5.74, 6) is 0. The van der Waals surface area contributed by atoms with Crippen LogP contribution in [0.15, 0.2) is 29.2 Å². The fourth-order valence-electron chi connectivity index (χ4n) is 1.65. The van der Waals surface area contributed by atoms with Crippen molar-refractivity contribution >= 4 is 10.0 Å². The molecule has 0 fully saturated rings. The largest absolute Gasteiger partial charge is 0.379 e. The Morgan fingerprint density at radius 3 is 2.25 bits per heavy atom. The Morgan fingerprint density at radius 2 is 1.75 bits per heavy atom. The van der Waals surface area contributed by atoms with E-state index in [0.717, 1.165) is 5.56 Å². The Kier molecular flexibility index (Phi) is 6.13. The van der Waals surface area contributed by atoms with Crippen LogP contribution in [0.2, 0.25) is 0 Å². The van der Waals surface area contributed by atoms with E-state index in [2.05, 4.69) is 25.5 Å². The standard InChI is InChI=1S/C14H24N2O3S/c1-14(2,3)12-4-6-13(7-5-12)20(17,18)16-9-11-19-10-8-15/h4-7,16H,8-11,15H2,1-3H3. The number of benzene rings is 1. The molecule has 20 heavy (non-hydrogen) atoms. The fraction of sp³-hybridized carbons (Fsp3) is 0.571. The maximum atomic E-state index is 12.0. The third-order valence-electron chi connectivity index (χ3n) is 2.83. The van der Waals surface area contributed by atoms with Crippen LogP contribution in [-0.2, 0) is 20.2 Å². The topological polar surface area (TPSA) is 81.4 Å². The molecule has 6 heteroatoms. The quantitative estimate of drug-likeness (QED) is 0.742. The van der Waals surface area contributed by atoms with Gasteiger partial charge in [0.1, 0.15) is 0 Å². The average Bonchev–Trinajstić information content (AvgIpc) is 2.37. The Morgan fingerprint density at radius 1 is 1.15 bits per heavy atom. The van der Waals surface area contributed by atoms with Crippen molar-refractivity contribution in [2.24, 2.45) is 5.73 Å². The summed E-state index contributed by atoms with van der Waals surface area (Å²) >= 11 is 0. The molecule has 0 spiro atoms. The minimum atomic E-state index is -3.47. The zero-order chi connectivity index (χ0) is 15.2. The zero-order valence-corrected chi connectivity index (χ0v) is 13.2. The molecule has 0 unspecified atom stereocenters. The summed E-state index contributed by atoms with van der Waals surface area (Å²) in [7, 11) is -3.47. The van der Waals surface area contributed by atoms with E-state index in [1.807, 2.05) is 12.1 Å². The Balaban J connectivity index is 2.64. The van der Waals surface area contributed by atoms with Crippen molar-refractivity contribution < 1.29 is 13.2 Å². The maximum Gasteiger partial charge on any atom is 0.240 e. The molecular formula is C14H24N2O3S. The molecule has 1 aromatic carbocycles. The molecular weight excluding hydrogens is 276 g/mol. The Bertz CT molecular complexity index is 504. The molecule has 0 aliphatic rings. The molecule has 0 amide bonds. The van der Waals surface area contributed by atoms with E-state index < -0.39 is 10.0 Å². The van der Waals surface area contributed by atoms with Gasteiger partial charge in [-0.25, -0.2) is 13.1 Å². The number of hydrogen-bond acceptors (Lipinski definition) is 4. The molecule has 0 saturated heterocycles. The van der Waals surface area contributed by atoms with Crippen molar-refractivity contribution in [3.8, 4) is 0 Å². The molecule has 1 rings (SSSR count). The first-order valence-electron chi connectivity index (χ1n) is 6.65. The van der Waals surface area contributed by atoms with E-state index in [-0.39, 0.29) is 16.9 Å². The lowest BCUT2D eigenvalue weighted by atomic mass is 9.87. The van der Waals surface area contributed by atoms with Crippen molar-refractivity contribution in [3.63, 3.8) is 0 Å². The molecule has 5 nitrogen and oxygen atoms in total. The Hall–Kier alpha value is -0.950. The third kappa shape index (κ3) is 5.20. The van der Waals surface area contributed by atoms with Gasteiger partial charge in [0.2, 0.25) is 10.0 Å². The summed E-state index contributed by atoms with van der Waals surface area (Å²) in [6, 6.07) is 6.95. The van der Waals surface area contributed by atoms with E-state index >= 15 is 0 Å². The predicted molar refractivity (Wildman–Crippen MR) is 80.2 cm³/mol. The summed E-state index contributed by atoms with van der Waals surface area (Å²) in [5.41, 5.74) is 6.38. The maximum absolute atomic E-state index is 12.0. The van der Waals surface area contributed by atoms with Crippen LogP contribution in [0.4, 0.5) is 0 Å². The fourth-order valence-corrected chi connectivity index (χ4v) is 2.66. The molecule has 0 aliphatic carbocycles. The van der Waals surface area contributed by atoms with Crippen LogP contribution in [-0.4, -0.2) is 34.7 Å². The van der Waals surface area contributed by atoms with E-state index in [1.165, 1.54) is 0 Å². The van der Waals surface area contributed by atoms with Gasteiger partial charge in [0.25, 0.3) is 0 Å². The number of nitrogens with one attached hydrogen (secondary N) is 1. The van der Waals surface area contributed by atoms with Crippen LogP contribution in [0.3, 0.4) is 0 Å². The lowest BCUT2D eigenvalue weighted by Gasteiger charge is -2.19. The van der Waals surface area contributed by atoms with Gasteiger partial charge in [-0.05, 0) is 23.1 Å². The highest BCUT2D eigenvalue weighted by Gasteiger charge is 2.17. The molecule has 0 aromatic heterocycles. The van der Waals surface area contributed by atoms with Crippen LogP contribution < -0.4 is 10.5 Å². The van der Waals surface area contributed by atoms with Crippen LogP contribution >= 0.6 is 0 Å². The lowest BCUT2D eigenvalue weighted by Crippen LogP contribution is -2.28. The van der Waals surface area contributed by atoms with Gasteiger partial charge >= 0.3 is 0 Å². The van der Waals surface area contributed by atoms with Gasteiger partial charge in [-0.15, -0.1) is 0 Å². The average molecular weight is 300 g/mol. The number of sulfonamides is 1. The number of hydrogen-bond donors (Lipinski definition) is 2. The summed E-state index contributed by atoms with van der Waals surface area (Å²) < 4.78 is 31.7. The van der Waals surface area contributed by atoms with Gasteiger partial charge < -0.3 is 10.5 Å². The van der Waals surface area contributed by atoms with E-state index in [1.54, 1.807) is 12.1 Å². The molecule has 0 bridgehead atoms. The van der Waals surface area contributed by atoms with Gasteiger partial charge in [-0.1, -0.05) is 32.9 Å². The molecule has 3 N–H and O–H groups in total. The lowest BCUT2D eigenvalue weighted by molar-refractivity contribution is 0.147. The van der Waals surface area contributed by atoms with Crippen LogP contribution in [0.25, 0.3) is 0 Å². The minimum Gasteiger partial charge on any atom is -0.379 e. The second-order valence-corrected chi connectivity index (χ2v) is 7.34. The smallest absolute Gasteiger partial charge is 0.240 e. The number of nitrogens with two attached hydrogens (primary N) is 1. The normalized spacial score (nSPS) is 12.6. The second kappa shape index (κ2) is 7.17. The van der Waals surface area contributed by atoms with Crippen molar-refractivity contribution in [3.05, 3.63) is 29.8 Å². The van der Waals surface area contributed by atoms with Crippen molar-refractivity contribution in [2.75, 3.05) is 26.3 Å². The van der Waals surface area contributed by atoms with Crippen LogP contribution in [0, 0.1) is 0 Å². The molecule has 0 saturated carbocycles. The number of ether oxygens (including phenoxy) is 1. The summed E-state index contributed by atoms with van der Waals surface area (Å²) in [5, 5.41) is 0. The highest BCUT2D eigenvalue weighted by Crippen LogP contribution is 2.23. The Labute approximate surface area is 121 Å². The van der Waals surface area contributed by atoms with Gasteiger partial charge in [-0.3, -0.25) is 0 Å². The van der Waals surface area contributed by atoms with E-state index in [4.69, 9.17) is 10.5 Å². The van der Waals surface area contributed by atoms with Gasteiger partial charge in [0.15, 0.2) is 0 Å². The third-order valence-corrected chi connectivity index (χ3v) is 4.31. The molecule has 1 aromatic rings. The highest BCUT2D eigenvalue weighted by atomic mass is 32.2. The minimum absolute atomic E-state index is 0.00574. The molecule has 0 radical (unpaired) electrons. The molecule has 0 aliphatic heterocycles. The molecule has 0 heterocycles. The highest BCUT2D eigenvalue weighted by molar-refractivity contribution is 7.89. The van der Waals surface area contributed by atoms with Crippen molar-refractivity contribution in [1.82, 2.24) is 4.72 Å². The van der Waals surface area contributed by atoms with Gasteiger partial charge in [-0.2, -0.15) is 0 Å². The van der Waals surface area contributed by atoms with Gasteiger partial charge in [0, 0.05) is 13.1 Å². The monoisotopic (exact) mass is 300 g/mol. The first-order chi connectivity index (χ1) is 9.27. The SMILES string of the molecule is CC(C)(C)c1ccc(S(=O)(=O)NCCOCCN)cc1. The summed E-state index contributed by atoms with van der Waals surface area (Å²) in [6.45, 7) is 7.68. The van der Waals surface area contributed by atoms with Crippen LogP contribution in [0.1, 0.15) is 26.3 Å². The van der Waals surface area contributed by atoms with Crippen LogP contribution in [0.5, 0.6) is 0 Å². The summed E-state index contributed by atoms with van der Waals surface area (Å²) in [4.78, 5) is 0.268. The predicted octanol–water partition coefficient (Wildman–Crippen LogP) is 1.24. The van der Waals surface area contributed by atoms with E-state index in [9.17, 15) is 8.42 Å². The first kappa shape index (κ1) is 17.1. The summed E-state index contributed by atoms with van der Waals surface area (Å²) in [6.07, 6.45) is 0. The van der Waals surface area contributed by atoms with E-state index in [0.29, 0.717) is 19.8 Å². The zero-order valence-electron chi connectivity index (χ0n) is 12.3. The molecule has 114 valence electrons. The van der Waals surface area contributed by atoms with Crippen molar-refractivity contribution in [1.29, 1.82) is 0 Å². The second-order valence-electron chi connectivity index (χ2n) is 5.57. The first-order valence-corrected chi connectivity index (χ1v) is 8.14.